The second-order valence-corrected chi connectivity index (χ2v) is 5.61. The smallest absolute Gasteiger partial charge is 0.298 e. The number of nitrogen functional groups attached to an aromatic ring is 1. The quantitative estimate of drug-likeness (QED) is 0.592. The maximum absolute atomic E-state index is 14.0. The van der Waals surface area contributed by atoms with Gasteiger partial charge in [0.2, 0.25) is 0 Å². The minimum atomic E-state index is -0.436. The molecule has 0 fully saturated rings. The fraction of sp³-hybridized carbons (Fsp3) is 0.222. The van der Waals surface area contributed by atoms with Crippen molar-refractivity contribution in [2.45, 2.75) is 13.1 Å². The Morgan fingerprint density at radius 3 is 2.68 bits per heavy atom. The molecule has 0 aliphatic carbocycles. The Balaban J connectivity index is 2.19. The van der Waals surface area contributed by atoms with E-state index in [1.807, 2.05) is 4.90 Å². The molecule has 6 nitrogen and oxygen atoms in total. The number of hydrogen-bond donors (Lipinski definition) is 2. The van der Waals surface area contributed by atoms with Crippen LogP contribution in [0.3, 0.4) is 0 Å². The Hall–Kier alpha value is -2.93. The van der Waals surface area contributed by atoms with E-state index in [1.54, 1.807) is 31.3 Å². The molecule has 0 radical (unpaired) electrons. The molecule has 0 aliphatic heterocycles. The molecule has 0 unspecified atom stereocenters. The number of carbonyl (C=O) groups excluding carboxylic acids is 2. The van der Waals surface area contributed by atoms with Crippen LogP contribution in [0.2, 0.25) is 0 Å². The molecule has 7 heteroatoms. The first kappa shape index (κ1) is 18.4. The number of hydrogen-bond acceptors (Lipinski definition) is 5. The molecule has 2 aromatic rings. The number of nitrogens with one attached hydrogen (secondary N) is 1. The third-order valence-electron chi connectivity index (χ3n) is 3.72. The summed E-state index contributed by atoms with van der Waals surface area (Å²) in [4.78, 5) is 24.3. The molecule has 2 aromatic carbocycles. The summed E-state index contributed by atoms with van der Waals surface area (Å²) in [5.41, 5.74) is 7.24. The van der Waals surface area contributed by atoms with Crippen molar-refractivity contribution in [2.24, 2.45) is 0 Å². The van der Waals surface area contributed by atoms with Crippen LogP contribution < -0.4 is 15.8 Å². The molecular formula is C18H20FN3O3. The van der Waals surface area contributed by atoms with Crippen LogP contribution in [0.5, 0.6) is 5.75 Å². The largest absolute Gasteiger partial charge is 0.428 e. The standard InChI is InChI=1S/C18H20FN3O3/c1-21-18(24)12-6-7-13(16(8-12)25-11-23)9-22(2)10-14-4-3-5-15(20)17(14)19/h3-8,11H,9-10,20H2,1-2H3,(H,21,24). The van der Waals surface area contributed by atoms with Crippen molar-refractivity contribution in [1.29, 1.82) is 0 Å². The maximum Gasteiger partial charge on any atom is 0.298 e. The molecule has 132 valence electrons. The van der Waals surface area contributed by atoms with Gasteiger partial charge >= 0.3 is 0 Å². The van der Waals surface area contributed by atoms with Crippen LogP contribution in [0.15, 0.2) is 36.4 Å². The zero-order chi connectivity index (χ0) is 18.4. The number of anilines is 1. The van der Waals surface area contributed by atoms with E-state index in [0.717, 1.165) is 0 Å². The van der Waals surface area contributed by atoms with Crippen molar-refractivity contribution in [2.75, 3.05) is 19.8 Å². The van der Waals surface area contributed by atoms with Crippen molar-refractivity contribution in [3.05, 3.63) is 58.9 Å². The van der Waals surface area contributed by atoms with E-state index in [4.69, 9.17) is 10.5 Å². The number of carbonyl (C=O) groups is 2. The molecule has 0 atom stereocenters. The normalized spacial score (nSPS) is 10.6. The minimum absolute atomic E-state index is 0.103. The van der Waals surface area contributed by atoms with Crippen molar-refractivity contribution in [1.82, 2.24) is 10.2 Å². The molecule has 3 N–H and O–H groups in total. The van der Waals surface area contributed by atoms with Crippen molar-refractivity contribution < 1.29 is 18.7 Å². The van der Waals surface area contributed by atoms with E-state index in [1.165, 1.54) is 19.2 Å². The lowest BCUT2D eigenvalue weighted by molar-refractivity contribution is -0.120. The first-order chi connectivity index (χ1) is 12.0. The summed E-state index contributed by atoms with van der Waals surface area (Å²) in [7, 11) is 3.32. The lowest BCUT2D eigenvalue weighted by Crippen LogP contribution is -2.20. The van der Waals surface area contributed by atoms with Gasteiger partial charge in [0.15, 0.2) is 5.82 Å². The zero-order valence-corrected chi connectivity index (χ0v) is 14.1. The zero-order valence-electron chi connectivity index (χ0n) is 14.1. The molecule has 0 aromatic heterocycles. The summed E-state index contributed by atoms with van der Waals surface area (Å²) in [6.45, 7) is 1.03. The number of amides is 1. The highest BCUT2D eigenvalue weighted by atomic mass is 19.1. The first-order valence-electron chi connectivity index (χ1n) is 7.63. The van der Waals surface area contributed by atoms with Gasteiger partial charge in [0.1, 0.15) is 5.75 Å². The van der Waals surface area contributed by atoms with Gasteiger partial charge < -0.3 is 15.8 Å². The highest BCUT2D eigenvalue weighted by Gasteiger charge is 2.13. The van der Waals surface area contributed by atoms with Crippen molar-refractivity contribution >= 4 is 18.1 Å². The van der Waals surface area contributed by atoms with E-state index in [0.29, 0.717) is 36.3 Å². The molecule has 1 amide bonds. The summed E-state index contributed by atoms with van der Waals surface area (Å²) >= 11 is 0. The first-order valence-corrected chi connectivity index (χ1v) is 7.63. The van der Waals surface area contributed by atoms with Gasteiger partial charge in [-0.15, -0.1) is 0 Å². The second kappa shape index (κ2) is 8.25. The van der Waals surface area contributed by atoms with Gasteiger partial charge in [-0.05, 0) is 25.2 Å². The van der Waals surface area contributed by atoms with Crippen LogP contribution >= 0.6 is 0 Å². The van der Waals surface area contributed by atoms with Crippen LogP contribution in [-0.2, 0) is 17.9 Å². The molecule has 0 spiro atoms. The lowest BCUT2D eigenvalue weighted by atomic mass is 10.1. The van der Waals surface area contributed by atoms with Crippen LogP contribution in [0, 0.1) is 5.82 Å². The second-order valence-electron chi connectivity index (χ2n) is 5.61. The number of nitrogens with two attached hydrogens (primary N) is 1. The third kappa shape index (κ3) is 4.54. The van der Waals surface area contributed by atoms with E-state index in [9.17, 15) is 14.0 Å². The van der Waals surface area contributed by atoms with Crippen LogP contribution in [0.25, 0.3) is 0 Å². The molecule has 0 bridgehead atoms. The summed E-state index contributed by atoms with van der Waals surface area (Å²) in [5.74, 6) is -0.429. The molecule has 0 saturated carbocycles. The Labute approximate surface area is 145 Å². The monoisotopic (exact) mass is 345 g/mol. The molecule has 2 rings (SSSR count). The minimum Gasteiger partial charge on any atom is -0.428 e. The number of halogens is 1. The lowest BCUT2D eigenvalue weighted by Gasteiger charge is -2.19. The van der Waals surface area contributed by atoms with Gasteiger partial charge in [0.25, 0.3) is 12.4 Å². The molecule has 0 heterocycles. The van der Waals surface area contributed by atoms with Gasteiger partial charge in [-0.25, -0.2) is 4.39 Å². The summed E-state index contributed by atoms with van der Waals surface area (Å²) < 4.78 is 19.0. The fourth-order valence-electron chi connectivity index (χ4n) is 2.49. The summed E-state index contributed by atoms with van der Waals surface area (Å²) in [5, 5.41) is 2.51. The maximum atomic E-state index is 14.0. The van der Waals surface area contributed by atoms with Gasteiger partial charge in [0, 0.05) is 36.8 Å². The average molecular weight is 345 g/mol. The van der Waals surface area contributed by atoms with Gasteiger partial charge in [-0.2, -0.15) is 0 Å². The Kier molecular flexibility index (Phi) is 6.08. The van der Waals surface area contributed by atoms with Crippen molar-refractivity contribution in [3.8, 4) is 5.75 Å². The van der Waals surface area contributed by atoms with E-state index in [2.05, 4.69) is 5.32 Å². The van der Waals surface area contributed by atoms with Crippen LogP contribution in [0.1, 0.15) is 21.5 Å². The Morgan fingerprint density at radius 1 is 1.28 bits per heavy atom. The topological polar surface area (TPSA) is 84.7 Å². The Morgan fingerprint density at radius 2 is 2.00 bits per heavy atom. The Bertz CT molecular complexity index is 780. The highest BCUT2D eigenvalue weighted by Crippen LogP contribution is 2.23. The molecule has 0 aliphatic rings. The molecule has 25 heavy (non-hydrogen) atoms. The summed E-state index contributed by atoms with van der Waals surface area (Å²) in [6.07, 6.45) is 0. The van der Waals surface area contributed by atoms with Crippen LogP contribution in [-0.4, -0.2) is 31.4 Å². The SMILES string of the molecule is CNC(=O)c1ccc(CN(C)Cc2cccc(N)c2F)c(OC=O)c1. The van der Waals surface area contributed by atoms with Gasteiger partial charge in [0.05, 0.1) is 5.69 Å². The molecule has 0 saturated heterocycles. The molecular weight excluding hydrogens is 325 g/mol. The van der Waals surface area contributed by atoms with Crippen molar-refractivity contribution in [3.63, 3.8) is 0 Å². The van der Waals surface area contributed by atoms with Gasteiger partial charge in [-0.1, -0.05) is 18.2 Å². The number of rotatable bonds is 7. The van der Waals surface area contributed by atoms with E-state index >= 15 is 0 Å². The van der Waals surface area contributed by atoms with E-state index < -0.39 is 5.82 Å². The van der Waals surface area contributed by atoms with Crippen LogP contribution in [0.4, 0.5) is 10.1 Å². The predicted octanol–water partition coefficient (Wildman–Crippen LogP) is 1.93. The number of nitrogens with zero attached hydrogens (tertiary/aromatic N) is 1. The third-order valence-corrected chi connectivity index (χ3v) is 3.72. The highest BCUT2D eigenvalue weighted by molar-refractivity contribution is 5.94. The predicted molar refractivity (Wildman–Crippen MR) is 92.5 cm³/mol. The van der Waals surface area contributed by atoms with E-state index in [-0.39, 0.29) is 17.3 Å². The number of benzene rings is 2. The fourth-order valence-corrected chi connectivity index (χ4v) is 2.49. The van der Waals surface area contributed by atoms with Gasteiger partial charge in [-0.3, -0.25) is 14.5 Å². The number of ether oxygens (including phenoxy) is 1. The summed E-state index contributed by atoms with van der Waals surface area (Å²) in [6, 6.07) is 9.71. The average Bonchev–Trinajstić information content (AvgIpc) is 2.60.